The van der Waals surface area contributed by atoms with Crippen molar-refractivity contribution >= 4 is 39.7 Å². The minimum Gasteiger partial charge on any atom is -0.296 e. The fraction of sp³-hybridized carbons (Fsp3) is 0. The number of benzene rings is 1. The fourth-order valence-electron chi connectivity index (χ4n) is 1.86. The van der Waals surface area contributed by atoms with Crippen LogP contribution in [0.1, 0.15) is 10.5 Å². The first-order valence-electron chi connectivity index (χ1n) is 5.09. The van der Waals surface area contributed by atoms with Crippen molar-refractivity contribution in [1.82, 2.24) is 9.97 Å². The van der Waals surface area contributed by atoms with Gasteiger partial charge in [0.2, 0.25) is 0 Å². The average Bonchev–Trinajstić information content (AvgIpc) is 2.38. The van der Waals surface area contributed by atoms with Crippen molar-refractivity contribution in [1.29, 1.82) is 0 Å². The first kappa shape index (κ1) is 10.2. The van der Waals surface area contributed by atoms with Gasteiger partial charge in [0.25, 0.3) is 0 Å². The number of aromatic nitrogens is 2. The zero-order valence-corrected chi connectivity index (χ0v) is 9.48. The number of carbonyl (C=O) groups is 1. The molecule has 2 heterocycles. The minimum absolute atomic E-state index is 0.320. The van der Waals surface area contributed by atoms with Crippen molar-refractivity contribution in [2.45, 2.75) is 0 Å². The number of nitrogens with zero attached hydrogens (tertiary/aromatic N) is 2. The van der Waals surface area contributed by atoms with E-state index in [1.54, 1.807) is 12.3 Å². The minimum atomic E-state index is 0.320. The predicted octanol–water partition coefficient (Wildman–Crippen LogP) is 3.25. The molecule has 3 nitrogen and oxygen atoms in total. The first-order chi connectivity index (χ1) is 8.29. The van der Waals surface area contributed by atoms with Crippen LogP contribution in [0, 0.1) is 0 Å². The number of carbonyl (C=O) groups excluding carboxylic acids is 1. The molecule has 1 aromatic carbocycles. The Labute approximate surface area is 102 Å². The van der Waals surface area contributed by atoms with E-state index in [1.165, 1.54) is 0 Å². The SMILES string of the molecule is O=Cc1cc(Cl)c2ccc3cccnc3c2n1. The molecule has 0 saturated heterocycles. The molecule has 3 rings (SSSR count). The van der Waals surface area contributed by atoms with E-state index in [2.05, 4.69) is 9.97 Å². The van der Waals surface area contributed by atoms with Gasteiger partial charge in [-0.25, -0.2) is 4.98 Å². The van der Waals surface area contributed by atoms with Crippen LogP contribution in [-0.4, -0.2) is 16.3 Å². The number of rotatable bonds is 1. The van der Waals surface area contributed by atoms with Gasteiger partial charge in [-0.15, -0.1) is 0 Å². The summed E-state index contributed by atoms with van der Waals surface area (Å²) in [6.45, 7) is 0. The predicted molar refractivity (Wildman–Crippen MR) is 67.4 cm³/mol. The Morgan fingerprint density at radius 2 is 2.06 bits per heavy atom. The van der Waals surface area contributed by atoms with Crippen molar-refractivity contribution in [2.75, 3.05) is 0 Å². The number of hydrogen-bond donors (Lipinski definition) is 0. The second-order valence-electron chi connectivity index (χ2n) is 3.68. The average molecular weight is 243 g/mol. The van der Waals surface area contributed by atoms with Crippen LogP contribution < -0.4 is 0 Å². The summed E-state index contributed by atoms with van der Waals surface area (Å²) in [6, 6.07) is 9.21. The van der Waals surface area contributed by atoms with Gasteiger partial charge in [0, 0.05) is 17.0 Å². The summed E-state index contributed by atoms with van der Waals surface area (Å²) in [6.07, 6.45) is 2.39. The highest BCUT2D eigenvalue weighted by atomic mass is 35.5. The molecule has 0 amide bonds. The number of hydrogen-bond acceptors (Lipinski definition) is 3. The maximum Gasteiger partial charge on any atom is 0.168 e. The Hall–Kier alpha value is -2.00. The smallest absolute Gasteiger partial charge is 0.168 e. The highest BCUT2D eigenvalue weighted by Crippen LogP contribution is 2.27. The third kappa shape index (κ3) is 1.56. The maximum atomic E-state index is 10.8. The number of aldehydes is 1. The van der Waals surface area contributed by atoms with E-state index in [1.807, 2.05) is 24.3 Å². The summed E-state index contributed by atoms with van der Waals surface area (Å²) in [4.78, 5) is 19.4. The van der Waals surface area contributed by atoms with Crippen LogP contribution >= 0.6 is 11.6 Å². The zero-order valence-electron chi connectivity index (χ0n) is 8.72. The Bertz CT molecular complexity index is 740. The van der Waals surface area contributed by atoms with Crippen molar-refractivity contribution in [3.8, 4) is 0 Å². The summed E-state index contributed by atoms with van der Waals surface area (Å²) >= 11 is 6.11. The van der Waals surface area contributed by atoms with Crippen LogP contribution in [0.25, 0.3) is 21.8 Å². The van der Waals surface area contributed by atoms with Gasteiger partial charge in [0.05, 0.1) is 16.1 Å². The van der Waals surface area contributed by atoms with E-state index in [0.29, 0.717) is 22.5 Å². The molecule has 0 aliphatic rings. The molecule has 82 valence electrons. The Morgan fingerprint density at radius 1 is 1.18 bits per heavy atom. The van der Waals surface area contributed by atoms with Gasteiger partial charge in [-0.2, -0.15) is 0 Å². The quantitative estimate of drug-likeness (QED) is 0.486. The molecule has 0 aliphatic carbocycles. The van der Waals surface area contributed by atoms with Gasteiger partial charge in [0.1, 0.15) is 5.69 Å². The van der Waals surface area contributed by atoms with Gasteiger partial charge >= 0.3 is 0 Å². The normalized spacial score (nSPS) is 10.9. The van der Waals surface area contributed by atoms with Crippen LogP contribution in [0.4, 0.5) is 0 Å². The number of fused-ring (bicyclic) bond motifs is 3. The maximum absolute atomic E-state index is 10.8. The van der Waals surface area contributed by atoms with Gasteiger partial charge in [-0.3, -0.25) is 9.78 Å². The van der Waals surface area contributed by atoms with E-state index in [0.717, 1.165) is 16.3 Å². The molecule has 0 atom stereocenters. The van der Waals surface area contributed by atoms with E-state index >= 15 is 0 Å². The summed E-state index contributed by atoms with van der Waals surface area (Å²) in [5.74, 6) is 0. The fourth-order valence-corrected chi connectivity index (χ4v) is 2.13. The Balaban J connectivity index is 2.56. The molecule has 2 aromatic heterocycles. The first-order valence-corrected chi connectivity index (χ1v) is 5.46. The van der Waals surface area contributed by atoms with Crippen LogP contribution in [0.5, 0.6) is 0 Å². The van der Waals surface area contributed by atoms with Crippen molar-refractivity contribution in [2.24, 2.45) is 0 Å². The molecule has 17 heavy (non-hydrogen) atoms. The third-order valence-electron chi connectivity index (χ3n) is 2.64. The molecule has 0 N–H and O–H groups in total. The second-order valence-corrected chi connectivity index (χ2v) is 4.09. The highest BCUT2D eigenvalue weighted by molar-refractivity contribution is 6.36. The van der Waals surface area contributed by atoms with Gasteiger partial charge in [-0.05, 0) is 12.1 Å². The van der Waals surface area contributed by atoms with Crippen LogP contribution in [-0.2, 0) is 0 Å². The number of halogens is 1. The lowest BCUT2D eigenvalue weighted by molar-refractivity contribution is 0.111. The molecule has 0 unspecified atom stereocenters. The Kier molecular flexibility index (Phi) is 2.27. The summed E-state index contributed by atoms with van der Waals surface area (Å²) in [5.41, 5.74) is 1.74. The molecule has 0 fully saturated rings. The van der Waals surface area contributed by atoms with Crippen molar-refractivity contribution in [3.05, 3.63) is 47.2 Å². The lowest BCUT2D eigenvalue weighted by atomic mass is 10.1. The topological polar surface area (TPSA) is 42.9 Å². The van der Waals surface area contributed by atoms with E-state index in [4.69, 9.17) is 11.6 Å². The Morgan fingerprint density at radius 3 is 2.88 bits per heavy atom. The van der Waals surface area contributed by atoms with Gasteiger partial charge in [-0.1, -0.05) is 29.8 Å². The van der Waals surface area contributed by atoms with E-state index < -0.39 is 0 Å². The molecular formula is C13H7ClN2O. The lowest BCUT2D eigenvalue weighted by Gasteiger charge is -2.04. The zero-order chi connectivity index (χ0) is 11.8. The summed E-state index contributed by atoms with van der Waals surface area (Å²) < 4.78 is 0. The van der Waals surface area contributed by atoms with Gasteiger partial charge in [0.15, 0.2) is 6.29 Å². The molecule has 0 spiro atoms. The van der Waals surface area contributed by atoms with Crippen LogP contribution in [0.2, 0.25) is 5.02 Å². The summed E-state index contributed by atoms with van der Waals surface area (Å²) in [5, 5.41) is 2.31. The van der Waals surface area contributed by atoms with E-state index in [9.17, 15) is 4.79 Å². The van der Waals surface area contributed by atoms with Gasteiger partial charge < -0.3 is 0 Å². The van der Waals surface area contributed by atoms with Crippen LogP contribution in [0.3, 0.4) is 0 Å². The van der Waals surface area contributed by atoms with Crippen molar-refractivity contribution < 1.29 is 4.79 Å². The molecular weight excluding hydrogens is 236 g/mol. The highest BCUT2D eigenvalue weighted by Gasteiger charge is 2.07. The number of pyridine rings is 2. The van der Waals surface area contributed by atoms with E-state index in [-0.39, 0.29) is 0 Å². The molecule has 4 heteroatoms. The summed E-state index contributed by atoms with van der Waals surface area (Å²) in [7, 11) is 0. The van der Waals surface area contributed by atoms with Crippen molar-refractivity contribution in [3.63, 3.8) is 0 Å². The monoisotopic (exact) mass is 242 g/mol. The molecule has 0 radical (unpaired) electrons. The lowest BCUT2D eigenvalue weighted by Crippen LogP contribution is -1.91. The second kappa shape index (κ2) is 3.79. The van der Waals surface area contributed by atoms with Crippen LogP contribution in [0.15, 0.2) is 36.5 Å². The molecule has 0 aliphatic heterocycles. The third-order valence-corrected chi connectivity index (χ3v) is 2.95. The molecule has 0 saturated carbocycles. The standard InChI is InChI=1S/C13H7ClN2O/c14-11-6-9(7-17)16-13-10(11)4-3-8-2-1-5-15-12(8)13/h1-7H. The molecule has 0 bridgehead atoms. The molecule has 3 aromatic rings. The largest absolute Gasteiger partial charge is 0.296 e.